The SMILES string of the molecule is CCNCc1ccc(Sc2cccs2)c(C(F)(F)F)c1. The second-order valence-electron chi connectivity index (χ2n) is 4.14. The van der Waals surface area contributed by atoms with Crippen molar-refractivity contribution in [3.63, 3.8) is 0 Å². The molecule has 0 spiro atoms. The minimum atomic E-state index is -4.33. The molecule has 0 saturated heterocycles. The molecule has 0 aliphatic carbocycles. The number of benzene rings is 1. The first-order valence-electron chi connectivity index (χ1n) is 6.13. The van der Waals surface area contributed by atoms with E-state index in [1.807, 2.05) is 24.4 Å². The van der Waals surface area contributed by atoms with Gasteiger partial charge in [-0.15, -0.1) is 11.3 Å². The zero-order valence-corrected chi connectivity index (χ0v) is 12.5. The molecule has 0 unspecified atom stereocenters. The highest BCUT2D eigenvalue weighted by Crippen LogP contribution is 2.41. The van der Waals surface area contributed by atoms with Gasteiger partial charge in [0.25, 0.3) is 0 Å². The molecule has 1 N–H and O–H groups in total. The van der Waals surface area contributed by atoms with Gasteiger partial charge in [0.05, 0.1) is 9.77 Å². The van der Waals surface area contributed by atoms with Gasteiger partial charge in [-0.1, -0.05) is 30.8 Å². The Hall–Kier alpha value is -0.980. The number of thiophene rings is 1. The Morgan fingerprint density at radius 2 is 2.05 bits per heavy atom. The number of rotatable bonds is 5. The second-order valence-corrected chi connectivity index (χ2v) is 6.43. The van der Waals surface area contributed by atoms with Gasteiger partial charge in [0.1, 0.15) is 0 Å². The van der Waals surface area contributed by atoms with Crippen LogP contribution < -0.4 is 5.32 Å². The van der Waals surface area contributed by atoms with Crippen molar-refractivity contribution in [2.45, 2.75) is 28.7 Å². The van der Waals surface area contributed by atoms with Gasteiger partial charge in [0.15, 0.2) is 0 Å². The van der Waals surface area contributed by atoms with Crippen molar-refractivity contribution in [2.24, 2.45) is 0 Å². The van der Waals surface area contributed by atoms with Crippen LogP contribution in [0.3, 0.4) is 0 Å². The Balaban J connectivity index is 2.30. The van der Waals surface area contributed by atoms with Gasteiger partial charge in [-0.25, -0.2) is 0 Å². The number of halogens is 3. The smallest absolute Gasteiger partial charge is 0.313 e. The van der Waals surface area contributed by atoms with Crippen molar-refractivity contribution < 1.29 is 13.2 Å². The zero-order chi connectivity index (χ0) is 14.6. The molecule has 0 amide bonds. The third-order valence-corrected chi connectivity index (χ3v) is 4.75. The van der Waals surface area contributed by atoms with Crippen molar-refractivity contribution in [3.8, 4) is 0 Å². The standard InChI is InChI=1S/C14H14F3NS2/c1-2-18-9-10-5-6-12(11(8-10)14(15,16)17)20-13-4-3-7-19-13/h3-8,18H,2,9H2,1H3. The van der Waals surface area contributed by atoms with Gasteiger partial charge in [-0.2, -0.15) is 13.2 Å². The maximum atomic E-state index is 13.1. The second kappa shape index (κ2) is 6.65. The van der Waals surface area contributed by atoms with E-state index in [2.05, 4.69) is 5.32 Å². The first kappa shape index (κ1) is 15.4. The van der Waals surface area contributed by atoms with Crippen LogP contribution in [-0.2, 0) is 12.7 Å². The average molecular weight is 317 g/mol. The Bertz CT molecular complexity index is 550. The Morgan fingerprint density at radius 3 is 2.65 bits per heavy atom. The molecule has 20 heavy (non-hydrogen) atoms. The normalized spacial score (nSPS) is 11.8. The minimum absolute atomic E-state index is 0.250. The van der Waals surface area contributed by atoms with Gasteiger partial charge in [0, 0.05) is 11.4 Å². The van der Waals surface area contributed by atoms with Crippen molar-refractivity contribution in [2.75, 3.05) is 6.54 Å². The van der Waals surface area contributed by atoms with Crippen molar-refractivity contribution in [3.05, 3.63) is 46.8 Å². The summed E-state index contributed by atoms with van der Waals surface area (Å²) in [6.07, 6.45) is -4.33. The summed E-state index contributed by atoms with van der Waals surface area (Å²) in [6.45, 7) is 3.10. The molecule has 0 aliphatic heterocycles. The van der Waals surface area contributed by atoms with Gasteiger partial charge >= 0.3 is 6.18 Å². The van der Waals surface area contributed by atoms with Crippen LogP contribution in [0.15, 0.2) is 44.8 Å². The molecule has 2 aromatic rings. The lowest BCUT2D eigenvalue weighted by Gasteiger charge is -2.14. The molecule has 0 atom stereocenters. The molecule has 1 aromatic heterocycles. The van der Waals surface area contributed by atoms with Crippen LogP contribution in [0.4, 0.5) is 13.2 Å². The molecule has 2 rings (SSSR count). The highest BCUT2D eigenvalue weighted by atomic mass is 32.2. The van der Waals surface area contributed by atoms with Crippen molar-refractivity contribution in [1.29, 1.82) is 0 Å². The summed E-state index contributed by atoms with van der Waals surface area (Å²) in [5.41, 5.74) is 0.0843. The van der Waals surface area contributed by atoms with E-state index in [9.17, 15) is 13.2 Å². The number of hydrogen-bond acceptors (Lipinski definition) is 3. The molecule has 6 heteroatoms. The maximum absolute atomic E-state index is 13.1. The molecular formula is C14H14F3NS2. The topological polar surface area (TPSA) is 12.0 Å². The highest BCUT2D eigenvalue weighted by molar-refractivity contribution is 8.01. The van der Waals surface area contributed by atoms with E-state index < -0.39 is 11.7 Å². The quantitative estimate of drug-likeness (QED) is 0.830. The Labute approximate surface area is 124 Å². The largest absolute Gasteiger partial charge is 0.417 e. The molecule has 0 fully saturated rings. The van der Waals surface area contributed by atoms with Crippen LogP contribution >= 0.6 is 23.1 Å². The molecule has 0 radical (unpaired) electrons. The predicted molar refractivity (Wildman–Crippen MR) is 77.3 cm³/mol. The van der Waals surface area contributed by atoms with E-state index in [1.165, 1.54) is 17.4 Å². The molecule has 1 aromatic carbocycles. The first-order chi connectivity index (χ1) is 9.50. The Morgan fingerprint density at radius 1 is 1.25 bits per heavy atom. The lowest BCUT2D eigenvalue weighted by molar-refractivity contribution is -0.139. The highest BCUT2D eigenvalue weighted by Gasteiger charge is 2.34. The average Bonchev–Trinajstić information content (AvgIpc) is 2.89. The zero-order valence-electron chi connectivity index (χ0n) is 10.8. The van der Waals surface area contributed by atoms with Crippen LogP contribution in [0.5, 0.6) is 0 Å². The van der Waals surface area contributed by atoms with E-state index in [1.54, 1.807) is 12.1 Å². The van der Waals surface area contributed by atoms with Crippen molar-refractivity contribution in [1.82, 2.24) is 5.32 Å². The summed E-state index contributed by atoms with van der Waals surface area (Å²) >= 11 is 2.60. The van der Waals surface area contributed by atoms with Crippen LogP contribution in [0, 0.1) is 0 Å². The van der Waals surface area contributed by atoms with Gasteiger partial charge in [0.2, 0.25) is 0 Å². The van der Waals surface area contributed by atoms with E-state index in [0.29, 0.717) is 12.1 Å². The molecule has 1 nitrogen and oxygen atoms in total. The number of alkyl halides is 3. The minimum Gasteiger partial charge on any atom is -0.313 e. The fourth-order valence-electron chi connectivity index (χ4n) is 1.70. The third kappa shape index (κ3) is 4.01. The summed E-state index contributed by atoms with van der Waals surface area (Å²) in [7, 11) is 0. The lowest BCUT2D eigenvalue weighted by atomic mass is 10.1. The maximum Gasteiger partial charge on any atom is 0.417 e. The summed E-state index contributed by atoms with van der Waals surface area (Å²) in [5, 5.41) is 4.89. The summed E-state index contributed by atoms with van der Waals surface area (Å²) in [4.78, 5) is 0.250. The molecular weight excluding hydrogens is 303 g/mol. The van der Waals surface area contributed by atoms with E-state index >= 15 is 0 Å². The molecule has 108 valence electrons. The van der Waals surface area contributed by atoms with Crippen LogP contribution in [0.1, 0.15) is 18.1 Å². The lowest BCUT2D eigenvalue weighted by Crippen LogP contribution is -2.13. The molecule has 0 aliphatic rings. The number of hydrogen-bond donors (Lipinski definition) is 1. The van der Waals surface area contributed by atoms with Crippen LogP contribution in [0.2, 0.25) is 0 Å². The van der Waals surface area contributed by atoms with Gasteiger partial charge in [-0.05, 0) is 35.7 Å². The van der Waals surface area contributed by atoms with Gasteiger partial charge < -0.3 is 5.32 Å². The molecule has 0 bridgehead atoms. The molecule has 1 heterocycles. The van der Waals surface area contributed by atoms with Crippen LogP contribution in [0.25, 0.3) is 0 Å². The van der Waals surface area contributed by atoms with E-state index in [-0.39, 0.29) is 4.90 Å². The number of nitrogens with one attached hydrogen (secondary N) is 1. The summed E-state index contributed by atoms with van der Waals surface area (Å²) < 4.78 is 40.3. The van der Waals surface area contributed by atoms with E-state index in [4.69, 9.17) is 0 Å². The summed E-state index contributed by atoms with van der Waals surface area (Å²) in [6, 6.07) is 8.19. The van der Waals surface area contributed by atoms with Crippen LogP contribution in [-0.4, -0.2) is 6.54 Å². The summed E-state index contributed by atoms with van der Waals surface area (Å²) in [5.74, 6) is 0. The van der Waals surface area contributed by atoms with Crippen molar-refractivity contribution >= 4 is 23.1 Å². The van der Waals surface area contributed by atoms with Gasteiger partial charge in [-0.3, -0.25) is 0 Å². The monoisotopic (exact) mass is 317 g/mol. The first-order valence-corrected chi connectivity index (χ1v) is 7.82. The molecule has 0 saturated carbocycles. The Kier molecular flexibility index (Phi) is 5.12. The fraction of sp³-hybridized carbons (Fsp3) is 0.286. The third-order valence-electron chi connectivity index (χ3n) is 2.63. The predicted octanol–water partition coefficient (Wildman–Crippen LogP) is 5.03. The van der Waals surface area contributed by atoms with E-state index in [0.717, 1.165) is 22.5 Å². The fourth-order valence-corrected chi connectivity index (χ4v) is 3.56.